The Hall–Kier alpha value is -3.99. The minimum atomic E-state index is -0.463. The van der Waals surface area contributed by atoms with Crippen LogP contribution in [0.4, 0.5) is 10.1 Å². The van der Waals surface area contributed by atoms with Gasteiger partial charge >= 0.3 is 0 Å². The Morgan fingerprint density at radius 1 is 0.906 bits per heavy atom. The van der Waals surface area contributed by atoms with Crippen molar-refractivity contribution < 1.29 is 13.9 Å². The van der Waals surface area contributed by atoms with Crippen molar-refractivity contribution in [2.45, 2.75) is 12.3 Å². The van der Waals surface area contributed by atoms with Gasteiger partial charge in [-0.05, 0) is 28.8 Å². The van der Waals surface area contributed by atoms with Crippen LogP contribution in [0.1, 0.15) is 23.5 Å². The van der Waals surface area contributed by atoms with Crippen molar-refractivity contribution in [2.75, 3.05) is 12.4 Å². The van der Waals surface area contributed by atoms with Crippen molar-refractivity contribution in [1.29, 1.82) is 0 Å². The average Bonchev–Trinajstić information content (AvgIpc) is 2.84. The molecule has 4 nitrogen and oxygen atoms in total. The lowest BCUT2D eigenvalue weighted by Gasteiger charge is -2.18. The summed E-state index contributed by atoms with van der Waals surface area (Å²) in [6.45, 7) is 0. The van der Waals surface area contributed by atoms with Crippen molar-refractivity contribution in [1.82, 2.24) is 4.98 Å². The van der Waals surface area contributed by atoms with Crippen LogP contribution in [0.25, 0.3) is 11.1 Å². The maximum absolute atomic E-state index is 14.3. The quantitative estimate of drug-likeness (QED) is 0.391. The molecule has 1 heterocycles. The van der Waals surface area contributed by atoms with Gasteiger partial charge < -0.3 is 10.1 Å². The number of carbonyl (C=O) groups excluding carboxylic acids is 1. The van der Waals surface area contributed by atoms with E-state index < -0.39 is 5.82 Å². The first-order valence-electron chi connectivity index (χ1n) is 10.3. The van der Waals surface area contributed by atoms with Gasteiger partial charge in [-0.3, -0.25) is 9.78 Å². The van der Waals surface area contributed by atoms with Gasteiger partial charge in [-0.25, -0.2) is 4.39 Å². The molecule has 0 saturated carbocycles. The van der Waals surface area contributed by atoms with Gasteiger partial charge in [0, 0.05) is 18.0 Å². The number of methoxy groups -OCH3 is 1. The molecule has 0 unspecified atom stereocenters. The zero-order valence-electron chi connectivity index (χ0n) is 17.7. The largest absolute Gasteiger partial charge is 0.494 e. The number of amides is 1. The number of ether oxygens (including phenoxy) is 1. The number of rotatable bonds is 7. The van der Waals surface area contributed by atoms with Crippen LogP contribution >= 0.6 is 0 Å². The smallest absolute Gasteiger partial charge is 0.225 e. The molecular formula is C27H23FN2O2. The summed E-state index contributed by atoms with van der Waals surface area (Å²) in [7, 11) is 1.48. The van der Waals surface area contributed by atoms with Gasteiger partial charge in [0.25, 0.3) is 0 Å². The van der Waals surface area contributed by atoms with Crippen molar-refractivity contribution in [3.63, 3.8) is 0 Å². The van der Waals surface area contributed by atoms with Crippen LogP contribution in [0.15, 0.2) is 97.3 Å². The molecule has 0 atom stereocenters. The molecule has 0 bridgehead atoms. The fourth-order valence-electron chi connectivity index (χ4n) is 3.77. The number of hydrogen-bond donors (Lipinski definition) is 1. The molecule has 1 N–H and O–H groups in total. The summed E-state index contributed by atoms with van der Waals surface area (Å²) in [5.74, 6) is -0.250. The van der Waals surface area contributed by atoms with E-state index in [9.17, 15) is 9.18 Å². The number of anilines is 1. The zero-order chi connectivity index (χ0) is 22.3. The van der Waals surface area contributed by atoms with E-state index in [2.05, 4.69) is 10.3 Å². The van der Waals surface area contributed by atoms with Gasteiger partial charge in [0.15, 0.2) is 5.82 Å². The Morgan fingerprint density at radius 3 is 2.06 bits per heavy atom. The molecule has 5 heteroatoms. The van der Waals surface area contributed by atoms with E-state index in [0.29, 0.717) is 29.0 Å². The van der Waals surface area contributed by atoms with Crippen LogP contribution in [0.5, 0.6) is 5.75 Å². The molecule has 0 radical (unpaired) electrons. The lowest BCUT2D eigenvalue weighted by molar-refractivity contribution is -0.116. The highest BCUT2D eigenvalue weighted by Gasteiger charge is 2.18. The molecule has 0 aliphatic rings. The van der Waals surface area contributed by atoms with Gasteiger partial charge in [0.1, 0.15) is 5.75 Å². The summed E-state index contributed by atoms with van der Waals surface area (Å²) in [4.78, 5) is 16.7. The molecule has 32 heavy (non-hydrogen) atoms. The van der Waals surface area contributed by atoms with E-state index >= 15 is 0 Å². The van der Waals surface area contributed by atoms with Crippen molar-refractivity contribution in [2.24, 2.45) is 0 Å². The lowest BCUT2D eigenvalue weighted by Crippen LogP contribution is -2.16. The molecule has 0 aliphatic carbocycles. The molecule has 1 amide bonds. The topological polar surface area (TPSA) is 51.2 Å². The molecule has 0 saturated heterocycles. The third-order valence-electron chi connectivity index (χ3n) is 5.34. The first-order valence-corrected chi connectivity index (χ1v) is 10.3. The van der Waals surface area contributed by atoms with Gasteiger partial charge in [0.05, 0.1) is 25.1 Å². The van der Waals surface area contributed by atoms with Crippen LogP contribution in [-0.2, 0) is 4.79 Å². The summed E-state index contributed by atoms with van der Waals surface area (Å²) < 4.78 is 19.5. The summed E-state index contributed by atoms with van der Waals surface area (Å²) in [6.07, 6.45) is 2.94. The fraction of sp³-hybridized carbons (Fsp3) is 0.111. The Balaban J connectivity index is 1.51. The first-order chi connectivity index (χ1) is 15.7. The van der Waals surface area contributed by atoms with Gasteiger partial charge in [-0.1, -0.05) is 72.8 Å². The highest BCUT2D eigenvalue weighted by molar-refractivity contribution is 5.92. The number of halogens is 1. The van der Waals surface area contributed by atoms with Gasteiger partial charge in [0.2, 0.25) is 5.91 Å². The average molecular weight is 426 g/mol. The third kappa shape index (κ3) is 4.83. The fourth-order valence-corrected chi connectivity index (χ4v) is 3.77. The predicted molar refractivity (Wildman–Crippen MR) is 124 cm³/mol. The summed E-state index contributed by atoms with van der Waals surface area (Å²) in [5, 5.41) is 2.96. The van der Waals surface area contributed by atoms with E-state index in [1.165, 1.54) is 13.3 Å². The second-order valence-electron chi connectivity index (χ2n) is 7.40. The molecule has 4 rings (SSSR count). The predicted octanol–water partition coefficient (Wildman–Crippen LogP) is 6.06. The minimum Gasteiger partial charge on any atom is -0.494 e. The minimum absolute atomic E-state index is 0.0492. The number of nitrogens with zero attached hydrogens (tertiary/aromatic N) is 1. The van der Waals surface area contributed by atoms with Crippen molar-refractivity contribution in [3.05, 3.63) is 114 Å². The van der Waals surface area contributed by atoms with E-state index in [1.807, 2.05) is 60.7 Å². The van der Waals surface area contributed by atoms with E-state index in [0.717, 1.165) is 17.3 Å². The Morgan fingerprint density at radius 2 is 1.50 bits per heavy atom. The molecular weight excluding hydrogens is 403 g/mol. The number of benzene rings is 3. The van der Waals surface area contributed by atoms with E-state index in [4.69, 9.17) is 4.74 Å². The number of nitrogens with one attached hydrogen (secondary N) is 1. The highest BCUT2D eigenvalue weighted by atomic mass is 19.1. The number of aromatic nitrogens is 1. The van der Waals surface area contributed by atoms with E-state index in [-0.39, 0.29) is 11.8 Å². The van der Waals surface area contributed by atoms with Crippen molar-refractivity contribution >= 4 is 11.6 Å². The van der Waals surface area contributed by atoms with Gasteiger partial charge in [-0.15, -0.1) is 0 Å². The highest BCUT2D eigenvalue weighted by Crippen LogP contribution is 2.33. The SMILES string of the molecule is COc1cncc(F)c1-c1ccc(NC(=O)CC(c2ccccc2)c2ccccc2)cc1. The maximum atomic E-state index is 14.3. The molecule has 3 aromatic carbocycles. The number of carbonyl (C=O) groups is 1. The van der Waals surface area contributed by atoms with Crippen molar-refractivity contribution in [3.8, 4) is 16.9 Å². The normalized spacial score (nSPS) is 10.7. The molecule has 0 spiro atoms. The summed E-state index contributed by atoms with van der Waals surface area (Å²) in [5.41, 5.74) is 3.81. The standard InChI is InChI=1S/C27H23FN2O2/c1-32-25-18-29-17-24(28)27(25)21-12-14-22(15-13-21)30-26(31)16-23(19-8-4-2-5-9-19)20-10-6-3-7-11-20/h2-15,17-18,23H,16H2,1H3,(H,30,31). The Labute approximate surface area is 186 Å². The molecule has 4 aromatic rings. The van der Waals surface area contributed by atoms with Crippen LogP contribution < -0.4 is 10.1 Å². The zero-order valence-corrected chi connectivity index (χ0v) is 17.7. The Kier molecular flexibility index (Phi) is 6.56. The second kappa shape index (κ2) is 9.88. The molecule has 0 fully saturated rings. The van der Waals surface area contributed by atoms with Crippen LogP contribution in [0, 0.1) is 5.82 Å². The van der Waals surface area contributed by atoms with Gasteiger partial charge in [-0.2, -0.15) is 0 Å². The maximum Gasteiger partial charge on any atom is 0.225 e. The summed E-state index contributed by atoms with van der Waals surface area (Å²) in [6, 6.07) is 27.0. The summed E-state index contributed by atoms with van der Waals surface area (Å²) >= 11 is 0. The monoisotopic (exact) mass is 426 g/mol. The number of hydrogen-bond acceptors (Lipinski definition) is 3. The first kappa shape index (κ1) is 21.2. The molecule has 1 aromatic heterocycles. The Bertz CT molecular complexity index is 1140. The molecule has 160 valence electrons. The lowest BCUT2D eigenvalue weighted by atomic mass is 9.88. The van der Waals surface area contributed by atoms with E-state index in [1.54, 1.807) is 24.3 Å². The van der Waals surface area contributed by atoms with Crippen LogP contribution in [-0.4, -0.2) is 18.0 Å². The second-order valence-corrected chi connectivity index (χ2v) is 7.40. The van der Waals surface area contributed by atoms with Crippen LogP contribution in [0.2, 0.25) is 0 Å². The van der Waals surface area contributed by atoms with Crippen LogP contribution in [0.3, 0.4) is 0 Å². The molecule has 0 aliphatic heterocycles. The third-order valence-corrected chi connectivity index (χ3v) is 5.34. The number of pyridine rings is 1.